The van der Waals surface area contributed by atoms with Gasteiger partial charge in [-0.15, -0.1) is 22.7 Å². The highest BCUT2D eigenvalue weighted by molar-refractivity contribution is 9.10. The number of thiophene rings is 1. The van der Waals surface area contributed by atoms with Gasteiger partial charge >= 0.3 is 0 Å². The fourth-order valence-electron chi connectivity index (χ4n) is 1.98. The average molecular weight is 315 g/mol. The molecule has 0 saturated heterocycles. The molecule has 0 aromatic carbocycles. The molecule has 2 aromatic heterocycles. The molecule has 2 aromatic rings. The molecule has 2 N–H and O–H groups in total. The Labute approximate surface area is 111 Å². The standard InChI is InChI=1S/C11H11BrN2S2/c12-6-4-9(15-5-6)11-14-8-3-1-2-7(13)10(8)16-11/h4-5,7H,1-3,13H2. The van der Waals surface area contributed by atoms with E-state index in [1.54, 1.807) is 22.7 Å². The summed E-state index contributed by atoms with van der Waals surface area (Å²) >= 11 is 6.97. The number of aromatic nitrogens is 1. The van der Waals surface area contributed by atoms with Crippen molar-refractivity contribution in [2.24, 2.45) is 5.73 Å². The summed E-state index contributed by atoms with van der Waals surface area (Å²) in [7, 11) is 0. The van der Waals surface area contributed by atoms with Gasteiger partial charge in [-0.05, 0) is 41.3 Å². The number of hydrogen-bond donors (Lipinski definition) is 1. The highest BCUT2D eigenvalue weighted by Gasteiger charge is 2.22. The second-order valence-electron chi connectivity index (χ2n) is 3.96. The Morgan fingerprint density at radius 2 is 2.38 bits per heavy atom. The maximum atomic E-state index is 6.11. The lowest BCUT2D eigenvalue weighted by Gasteiger charge is -2.15. The van der Waals surface area contributed by atoms with Crippen molar-refractivity contribution in [1.29, 1.82) is 0 Å². The number of nitrogens with zero attached hydrogens (tertiary/aromatic N) is 1. The minimum Gasteiger partial charge on any atom is -0.323 e. The molecular weight excluding hydrogens is 304 g/mol. The number of rotatable bonds is 1. The van der Waals surface area contributed by atoms with E-state index in [0.717, 1.165) is 22.3 Å². The molecule has 1 aliphatic carbocycles. The van der Waals surface area contributed by atoms with Crippen LogP contribution in [0.3, 0.4) is 0 Å². The lowest BCUT2D eigenvalue weighted by atomic mass is 9.99. The highest BCUT2D eigenvalue weighted by atomic mass is 79.9. The van der Waals surface area contributed by atoms with E-state index in [1.165, 1.54) is 21.9 Å². The number of aryl methyl sites for hydroxylation is 1. The Morgan fingerprint density at radius 3 is 3.06 bits per heavy atom. The lowest BCUT2D eigenvalue weighted by Crippen LogP contribution is -2.15. The predicted molar refractivity (Wildman–Crippen MR) is 73.0 cm³/mol. The van der Waals surface area contributed by atoms with Crippen molar-refractivity contribution in [1.82, 2.24) is 4.98 Å². The van der Waals surface area contributed by atoms with Gasteiger partial charge in [-0.1, -0.05) is 0 Å². The first kappa shape index (κ1) is 10.9. The molecule has 0 spiro atoms. The van der Waals surface area contributed by atoms with E-state index in [-0.39, 0.29) is 6.04 Å². The van der Waals surface area contributed by atoms with E-state index >= 15 is 0 Å². The molecule has 1 aliphatic rings. The van der Waals surface area contributed by atoms with Gasteiger partial charge in [0, 0.05) is 20.8 Å². The molecule has 0 amide bonds. The maximum Gasteiger partial charge on any atom is 0.133 e. The van der Waals surface area contributed by atoms with Crippen molar-refractivity contribution in [3.63, 3.8) is 0 Å². The normalized spacial score (nSPS) is 19.8. The Kier molecular flexibility index (Phi) is 2.87. The number of halogens is 1. The van der Waals surface area contributed by atoms with Gasteiger partial charge in [0.15, 0.2) is 0 Å². The molecule has 84 valence electrons. The van der Waals surface area contributed by atoms with Crippen LogP contribution in [0, 0.1) is 0 Å². The van der Waals surface area contributed by atoms with Gasteiger partial charge in [0.25, 0.3) is 0 Å². The first-order valence-electron chi connectivity index (χ1n) is 5.23. The Balaban J connectivity index is 2.04. The summed E-state index contributed by atoms with van der Waals surface area (Å²) in [6.07, 6.45) is 3.36. The van der Waals surface area contributed by atoms with Gasteiger partial charge in [0.05, 0.1) is 10.6 Å². The van der Waals surface area contributed by atoms with Crippen molar-refractivity contribution >= 4 is 38.6 Å². The third-order valence-corrected chi connectivity index (χ3v) is 5.86. The summed E-state index contributed by atoms with van der Waals surface area (Å²) in [5.74, 6) is 0. The molecule has 0 fully saturated rings. The van der Waals surface area contributed by atoms with Crippen LogP contribution in [-0.4, -0.2) is 4.98 Å². The monoisotopic (exact) mass is 314 g/mol. The summed E-state index contributed by atoms with van der Waals surface area (Å²) in [6, 6.07) is 2.33. The van der Waals surface area contributed by atoms with Crippen LogP contribution in [0.1, 0.15) is 29.5 Å². The van der Waals surface area contributed by atoms with Crippen LogP contribution in [0.25, 0.3) is 9.88 Å². The average Bonchev–Trinajstić information content (AvgIpc) is 2.84. The van der Waals surface area contributed by atoms with Crippen LogP contribution in [-0.2, 0) is 6.42 Å². The second-order valence-corrected chi connectivity index (χ2v) is 6.82. The fraction of sp³-hybridized carbons (Fsp3) is 0.364. The van der Waals surface area contributed by atoms with E-state index in [9.17, 15) is 0 Å². The summed E-state index contributed by atoms with van der Waals surface area (Å²) in [5.41, 5.74) is 7.33. The third-order valence-electron chi connectivity index (χ3n) is 2.77. The molecule has 2 nitrogen and oxygen atoms in total. The van der Waals surface area contributed by atoms with Gasteiger partial charge in [-0.3, -0.25) is 0 Å². The van der Waals surface area contributed by atoms with Crippen LogP contribution >= 0.6 is 38.6 Å². The number of fused-ring (bicyclic) bond motifs is 1. The molecule has 2 heterocycles. The van der Waals surface area contributed by atoms with Crippen LogP contribution < -0.4 is 5.73 Å². The Hall–Kier alpha value is -0.230. The van der Waals surface area contributed by atoms with E-state index < -0.39 is 0 Å². The Bertz CT molecular complexity index is 518. The predicted octanol–water partition coefficient (Wildman–Crippen LogP) is 3.97. The number of thiazole rings is 1. The zero-order valence-electron chi connectivity index (χ0n) is 8.57. The van der Waals surface area contributed by atoms with Gasteiger partial charge in [0.2, 0.25) is 0 Å². The van der Waals surface area contributed by atoms with Crippen LogP contribution in [0.4, 0.5) is 0 Å². The van der Waals surface area contributed by atoms with Crippen LogP contribution in [0.5, 0.6) is 0 Å². The number of nitrogens with two attached hydrogens (primary N) is 1. The smallest absolute Gasteiger partial charge is 0.133 e. The highest BCUT2D eigenvalue weighted by Crippen LogP contribution is 2.39. The van der Waals surface area contributed by atoms with Gasteiger partial charge < -0.3 is 5.73 Å². The third kappa shape index (κ3) is 1.86. The molecule has 0 radical (unpaired) electrons. The maximum absolute atomic E-state index is 6.11. The van der Waals surface area contributed by atoms with Crippen molar-refractivity contribution in [2.75, 3.05) is 0 Å². The summed E-state index contributed by atoms with van der Waals surface area (Å²) in [6.45, 7) is 0. The minimum atomic E-state index is 0.207. The van der Waals surface area contributed by atoms with Crippen LogP contribution in [0.15, 0.2) is 15.9 Å². The van der Waals surface area contributed by atoms with Crippen molar-refractivity contribution in [2.45, 2.75) is 25.3 Å². The molecule has 5 heteroatoms. The first-order valence-corrected chi connectivity index (χ1v) is 7.72. The van der Waals surface area contributed by atoms with Crippen molar-refractivity contribution in [3.05, 3.63) is 26.5 Å². The summed E-state index contributed by atoms with van der Waals surface area (Å²) in [4.78, 5) is 7.24. The Morgan fingerprint density at radius 1 is 1.50 bits per heavy atom. The van der Waals surface area contributed by atoms with Gasteiger partial charge in [0.1, 0.15) is 5.01 Å². The van der Waals surface area contributed by atoms with Crippen LogP contribution in [0.2, 0.25) is 0 Å². The first-order chi connectivity index (χ1) is 7.74. The second kappa shape index (κ2) is 4.22. The number of hydrogen-bond acceptors (Lipinski definition) is 4. The topological polar surface area (TPSA) is 38.9 Å². The molecule has 0 bridgehead atoms. The van der Waals surface area contributed by atoms with E-state index in [4.69, 9.17) is 10.7 Å². The SMILES string of the molecule is NC1CCCc2nc(-c3cc(Br)cs3)sc21. The fourth-order valence-corrected chi connectivity index (χ4v) is 4.62. The summed E-state index contributed by atoms with van der Waals surface area (Å²) < 4.78 is 1.13. The van der Waals surface area contributed by atoms with Crippen molar-refractivity contribution < 1.29 is 0 Å². The molecular formula is C11H11BrN2S2. The molecule has 1 atom stereocenters. The molecule has 0 aliphatic heterocycles. The van der Waals surface area contributed by atoms with Gasteiger partial charge in [-0.25, -0.2) is 4.98 Å². The van der Waals surface area contributed by atoms with E-state index in [1.807, 2.05) is 0 Å². The van der Waals surface area contributed by atoms with Crippen molar-refractivity contribution in [3.8, 4) is 9.88 Å². The van der Waals surface area contributed by atoms with E-state index in [2.05, 4.69) is 27.4 Å². The zero-order chi connectivity index (χ0) is 11.1. The zero-order valence-corrected chi connectivity index (χ0v) is 11.8. The quantitative estimate of drug-likeness (QED) is 0.865. The molecule has 3 rings (SSSR count). The minimum absolute atomic E-state index is 0.207. The lowest BCUT2D eigenvalue weighted by molar-refractivity contribution is 0.573. The molecule has 16 heavy (non-hydrogen) atoms. The van der Waals surface area contributed by atoms with Gasteiger partial charge in [-0.2, -0.15) is 0 Å². The largest absolute Gasteiger partial charge is 0.323 e. The van der Waals surface area contributed by atoms with E-state index in [0.29, 0.717) is 0 Å². The summed E-state index contributed by atoms with van der Waals surface area (Å²) in [5, 5.41) is 3.22. The molecule has 1 unspecified atom stereocenters. The molecule has 0 saturated carbocycles.